The molecular formula is C17H21N5O. The molecule has 2 unspecified atom stereocenters. The number of amides is 1. The van der Waals surface area contributed by atoms with Crippen molar-refractivity contribution in [1.29, 1.82) is 0 Å². The van der Waals surface area contributed by atoms with Crippen molar-refractivity contribution < 1.29 is 4.79 Å². The lowest BCUT2D eigenvalue weighted by molar-refractivity contribution is -0.129. The van der Waals surface area contributed by atoms with Crippen LogP contribution in [0, 0.1) is 0 Å². The van der Waals surface area contributed by atoms with Crippen LogP contribution >= 0.6 is 0 Å². The van der Waals surface area contributed by atoms with Crippen LogP contribution in [0.1, 0.15) is 24.2 Å². The fourth-order valence-corrected chi connectivity index (χ4v) is 3.83. The molecule has 2 saturated heterocycles. The van der Waals surface area contributed by atoms with Crippen LogP contribution < -0.4 is 0 Å². The number of carbonyl (C=O) groups excluding carboxylic acids is 1. The summed E-state index contributed by atoms with van der Waals surface area (Å²) in [6.45, 7) is 2.54. The lowest BCUT2D eigenvalue weighted by Crippen LogP contribution is -2.37. The summed E-state index contributed by atoms with van der Waals surface area (Å²) in [5.41, 5.74) is 1.15. The number of hydrogen-bond acceptors (Lipinski definition) is 4. The summed E-state index contributed by atoms with van der Waals surface area (Å²) in [5, 5.41) is 0. The van der Waals surface area contributed by atoms with E-state index in [1.54, 1.807) is 12.4 Å². The van der Waals surface area contributed by atoms with Crippen LogP contribution in [0.25, 0.3) is 0 Å². The maximum absolute atomic E-state index is 12.5. The lowest BCUT2D eigenvalue weighted by atomic mass is 10.1. The average Bonchev–Trinajstić information content (AvgIpc) is 3.21. The fourth-order valence-electron chi connectivity index (χ4n) is 3.83. The SMILES string of the molecule is Cn1ccnc1CN1CCC2C1CC(=O)N2Cc1ccncc1. The van der Waals surface area contributed by atoms with Gasteiger partial charge < -0.3 is 9.47 Å². The van der Waals surface area contributed by atoms with E-state index in [0.29, 0.717) is 25.0 Å². The van der Waals surface area contributed by atoms with Gasteiger partial charge in [-0.2, -0.15) is 0 Å². The summed E-state index contributed by atoms with van der Waals surface area (Å²) >= 11 is 0. The van der Waals surface area contributed by atoms with Crippen molar-refractivity contribution in [3.63, 3.8) is 0 Å². The average molecular weight is 311 g/mol. The van der Waals surface area contributed by atoms with Gasteiger partial charge in [0.05, 0.1) is 6.54 Å². The zero-order valence-electron chi connectivity index (χ0n) is 13.3. The maximum Gasteiger partial charge on any atom is 0.224 e. The summed E-state index contributed by atoms with van der Waals surface area (Å²) in [6, 6.07) is 4.62. The van der Waals surface area contributed by atoms with E-state index in [0.717, 1.165) is 30.9 Å². The first-order valence-electron chi connectivity index (χ1n) is 8.11. The van der Waals surface area contributed by atoms with Crippen LogP contribution in [0.5, 0.6) is 0 Å². The van der Waals surface area contributed by atoms with E-state index in [4.69, 9.17) is 0 Å². The number of hydrogen-bond donors (Lipinski definition) is 0. The quantitative estimate of drug-likeness (QED) is 0.851. The Bertz CT molecular complexity index is 698. The molecule has 0 spiro atoms. The van der Waals surface area contributed by atoms with Crippen LogP contribution in [0.2, 0.25) is 0 Å². The molecule has 4 rings (SSSR count). The minimum absolute atomic E-state index is 0.265. The van der Waals surface area contributed by atoms with Crippen LogP contribution in [0.15, 0.2) is 36.9 Å². The first-order valence-corrected chi connectivity index (χ1v) is 8.11. The summed E-state index contributed by atoms with van der Waals surface area (Å²) in [4.78, 5) is 25.4. The molecule has 0 aromatic carbocycles. The minimum atomic E-state index is 0.265. The van der Waals surface area contributed by atoms with Crippen molar-refractivity contribution in [2.75, 3.05) is 6.54 Å². The second-order valence-electron chi connectivity index (χ2n) is 6.43. The molecule has 0 N–H and O–H groups in total. The van der Waals surface area contributed by atoms with Crippen molar-refractivity contribution in [3.8, 4) is 0 Å². The van der Waals surface area contributed by atoms with E-state index in [9.17, 15) is 4.79 Å². The summed E-state index contributed by atoms with van der Waals surface area (Å²) in [7, 11) is 2.02. The minimum Gasteiger partial charge on any atom is -0.337 e. The molecular weight excluding hydrogens is 290 g/mol. The maximum atomic E-state index is 12.5. The zero-order valence-corrected chi connectivity index (χ0v) is 13.3. The second kappa shape index (κ2) is 5.77. The number of carbonyl (C=O) groups is 1. The molecule has 6 nitrogen and oxygen atoms in total. The van der Waals surface area contributed by atoms with Gasteiger partial charge in [0.15, 0.2) is 0 Å². The monoisotopic (exact) mass is 311 g/mol. The summed E-state index contributed by atoms with van der Waals surface area (Å²) in [6.07, 6.45) is 9.05. The topological polar surface area (TPSA) is 54.3 Å². The van der Waals surface area contributed by atoms with E-state index in [1.165, 1.54) is 0 Å². The van der Waals surface area contributed by atoms with Crippen LogP contribution in [-0.2, 0) is 24.9 Å². The van der Waals surface area contributed by atoms with Gasteiger partial charge in [-0.15, -0.1) is 0 Å². The van der Waals surface area contributed by atoms with Gasteiger partial charge in [-0.25, -0.2) is 4.98 Å². The normalized spacial score (nSPS) is 24.4. The van der Waals surface area contributed by atoms with Crippen molar-refractivity contribution in [2.45, 2.75) is 38.0 Å². The van der Waals surface area contributed by atoms with Gasteiger partial charge in [-0.3, -0.25) is 14.7 Å². The molecule has 120 valence electrons. The van der Waals surface area contributed by atoms with Crippen molar-refractivity contribution in [2.24, 2.45) is 7.05 Å². The molecule has 4 heterocycles. The number of fused-ring (bicyclic) bond motifs is 1. The van der Waals surface area contributed by atoms with Gasteiger partial charge in [0.2, 0.25) is 5.91 Å². The number of aromatic nitrogens is 3. The summed E-state index contributed by atoms with van der Waals surface area (Å²) < 4.78 is 2.05. The number of likely N-dealkylation sites (tertiary alicyclic amines) is 2. The Balaban J connectivity index is 1.48. The Morgan fingerprint density at radius 1 is 1.17 bits per heavy atom. The van der Waals surface area contributed by atoms with E-state index in [-0.39, 0.29) is 5.91 Å². The second-order valence-corrected chi connectivity index (χ2v) is 6.43. The summed E-state index contributed by atoms with van der Waals surface area (Å²) in [5.74, 6) is 1.33. The largest absolute Gasteiger partial charge is 0.337 e. The predicted molar refractivity (Wildman–Crippen MR) is 85.2 cm³/mol. The molecule has 0 radical (unpaired) electrons. The highest BCUT2D eigenvalue weighted by atomic mass is 16.2. The Kier molecular flexibility index (Phi) is 3.61. The Hall–Kier alpha value is -2.21. The molecule has 2 atom stereocenters. The fraction of sp³-hybridized carbons (Fsp3) is 0.471. The van der Waals surface area contributed by atoms with E-state index in [1.807, 2.05) is 31.6 Å². The standard InChI is InChI=1S/C17H21N5O/c1-20-9-7-19-16(20)12-21-8-4-14-15(21)10-17(23)22(14)11-13-2-5-18-6-3-13/h2-3,5-7,9,14-15H,4,8,10-12H2,1H3. The molecule has 2 aromatic heterocycles. The lowest BCUT2D eigenvalue weighted by Gasteiger charge is -2.25. The van der Waals surface area contributed by atoms with Crippen LogP contribution in [-0.4, -0.2) is 48.9 Å². The van der Waals surface area contributed by atoms with Crippen LogP contribution in [0.3, 0.4) is 0 Å². The Morgan fingerprint density at radius 2 is 2.00 bits per heavy atom. The van der Waals surface area contributed by atoms with Crippen molar-refractivity contribution in [1.82, 2.24) is 24.3 Å². The Morgan fingerprint density at radius 3 is 2.74 bits per heavy atom. The first-order chi connectivity index (χ1) is 11.2. The number of nitrogens with zero attached hydrogens (tertiary/aromatic N) is 5. The molecule has 1 amide bonds. The van der Waals surface area contributed by atoms with Gasteiger partial charge in [0.25, 0.3) is 0 Å². The van der Waals surface area contributed by atoms with E-state index >= 15 is 0 Å². The van der Waals surface area contributed by atoms with Crippen molar-refractivity contribution >= 4 is 5.91 Å². The van der Waals surface area contributed by atoms with Crippen LogP contribution in [0.4, 0.5) is 0 Å². The van der Waals surface area contributed by atoms with Gasteiger partial charge >= 0.3 is 0 Å². The predicted octanol–water partition coefficient (Wildman–Crippen LogP) is 1.19. The third kappa shape index (κ3) is 2.63. The number of pyridine rings is 1. The van der Waals surface area contributed by atoms with Gasteiger partial charge in [0.1, 0.15) is 5.82 Å². The molecule has 2 fully saturated rings. The number of aryl methyl sites for hydroxylation is 1. The highest BCUT2D eigenvalue weighted by molar-refractivity contribution is 5.80. The Labute approximate surface area is 135 Å². The third-order valence-electron chi connectivity index (χ3n) is 5.10. The third-order valence-corrected chi connectivity index (χ3v) is 5.10. The highest BCUT2D eigenvalue weighted by Gasteiger charge is 2.46. The molecule has 0 aliphatic carbocycles. The molecule has 6 heteroatoms. The number of rotatable bonds is 4. The highest BCUT2D eigenvalue weighted by Crippen LogP contribution is 2.34. The molecule has 0 bridgehead atoms. The molecule has 0 saturated carbocycles. The smallest absolute Gasteiger partial charge is 0.224 e. The van der Waals surface area contributed by atoms with E-state index < -0.39 is 0 Å². The van der Waals surface area contributed by atoms with Gasteiger partial charge in [0, 0.05) is 63.4 Å². The van der Waals surface area contributed by atoms with Gasteiger partial charge in [-0.05, 0) is 24.1 Å². The molecule has 2 aliphatic rings. The van der Waals surface area contributed by atoms with Gasteiger partial charge in [-0.1, -0.05) is 0 Å². The van der Waals surface area contributed by atoms with E-state index in [2.05, 4.69) is 24.3 Å². The van der Waals surface area contributed by atoms with Crippen molar-refractivity contribution in [3.05, 3.63) is 48.3 Å². The molecule has 23 heavy (non-hydrogen) atoms. The number of imidazole rings is 1. The molecule has 2 aliphatic heterocycles. The zero-order chi connectivity index (χ0) is 15.8. The first kappa shape index (κ1) is 14.4. The molecule has 2 aromatic rings.